The minimum atomic E-state index is -0.682. The van der Waals surface area contributed by atoms with Crippen LogP contribution in [0.25, 0.3) is 0 Å². The topological polar surface area (TPSA) is 77.8 Å². The van der Waals surface area contributed by atoms with Gasteiger partial charge in [-0.05, 0) is 42.2 Å². The van der Waals surface area contributed by atoms with Crippen molar-refractivity contribution in [3.8, 4) is 5.75 Å². The minimum Gasteiger partial charge on any atom is -0.495 e. The molecular formula is C19H23NO5. The smallest absolute Gasteiger partial charge is 0.374 e. The predicted molar refractivity (Wildman–Crippen MR) is 94.1 cm³/mol. The maximum atomic E-state index is 12.1. The number of methoxy groups -OCH3 is 1. The first-order valence-corrected chi connectivity index (χ1v) is 7.92. The van der Waals surface area contributed by atoms with Gasteiger partial charge in [-0.3, -0.25) is 4.79 Å². The summed E-state index contributed by atoms with van der Waals surface area (Å²) in [5, 5.41) is 2.71. The maximum absolute atomic E-state index is 12.1. The average molecular weight is 345 g/mol. The highest BCUT2D eigenvalue weighted by molar-refractivity contribution is 5.95. The van der Waals surface area contributed by atoms with E-state index in [1.54, 1.807) is 19.1 Å². The van der Waals surface area contributed by atoms with E-state index in [1.807, 2.05) is 12.1 Å². The number of furan rings is 1. The summed E-state index contributed by atoms with van der Waals surface area (Å²) in [6.45, 7) is 7.54. The lowest BCUT2D eigenvalue weighted by Gasteiger charge is -2.21. The van der Waals surface area contributed by atoms with Crippen molar-refractivity contribution in [2.24, 2.45) is 0 Å². The van der Waals surface area contributed by atoms with Crippen molar-refractivity contribution in [2.75, 3.05) is 19.0 Å². The van der Waals surface area contributed by atoms with Crippen LogP contribution in [0, 0.1) is 6.92 Å². The Hall–Kier alpha value is -2.76. The van der Waals surface area contributed by atoms with Gasteiger partial charge in [-0.2, -0.15) is 0 Å². The van der Waals surface area contributed by atoms with Gasteiger partial charge in [0.25, 0.3) is 5.91 Å². The molecule has 0 aliphatic carbocycles. The molecule has 2 aromatic rings. The number of benzene rings is 1. The molecule has 6 heteroatoms. The number of amides is 1. The van der Waals surface area contributed by atoms with Crippen LogP contribution in [0.3, 0.4) is 0 Å². The second-order valence-corrected chi connectivity index (χ2v) is 6.70. The van der Waals surface area contributed by atoms with Crippen molar-refractivity contribution in [3.63, 3.8) is 0 Å². The van der Waals surface area contributed by atoms with Crippen LogP contribution in [0.2, 0.25) is 0 Å². The number of hydrogen-bond donors (Lipinski definition) is 1. The number of aryl methyl sites for hydroxylation is 1. The van der Waals surface area contributed by atoms with Crippen molar-refractivity contribution in [1.82, 2.24) is 0 Å². The molecule has 25 heavy (non-hydrogen) atoms. The van der Waals surface area contributed by atoms with Gasteiger partial charge in [0.05, 0.1) is 12.8 Å². The van der Waals surface area contributed by atoms with Gasteiger partial charge < -0.3 is 19.2 Å². The summed E-state index contributed by atoms with van der Waals surface area (Å²) in [4.78, 5) is 23.9. The van der Waals surface area contributed by atoms with Crippen LogP contribution in [0.5, 0.6) is 5.75 Å². The number of anilines is 1. The minimum absolute atomic E-state index is 0.0672. The Labute approximate surface area is 147 Å². The van der Waals surface area contributed by atoms with E-state index in [0.29, 0.717) is 17.2 Å². The zero-order valence-electron chi connectivity index (χ0n) is 15.1. The average Bonchev–Trinajstić information content (AvgIpc) is 2.98. The molecule has 1 aromatic heterocycles. The molecule has 0 fully saturated rings. The zero-order valence-corrected chi connectivity index (χ0v) is 15.1. The molecule has 0 unspecified atom stereocenters. The van der Waals surface area contributed by atoms with Crippen molar-refractivity contribution in [1.29, 1.82) is 0 Å². The fourth-order valence-corrected chi connectivity index (χ4v) is 2.20. The highest BCUT2D eigenvalue weighted by Gasteiger charge is 2.18. The Morgan fingerprint density at radius 1 is 1.16 bits per heavy atom. The van der Waals surface area contributed by atoms with Crippen LogP contribution in [-0.2, 0) is 14.9 Å². The van der Waals surface area contributed by atoms with Crippen LogP contribution in [0.1, 0.15) is 42.6 Å². The fourth-order valence-electron chi connectivity index (χ4n) is 2.20. The third kappa shape index (κ3) is 4.86. The normalized spacial score (nSPS) is 11.1. The van der Waals surface area contributed by atoms with E-state index in [1.165, 1.54) is 13.2 Å². The molecule has 134 valence electrons. The molecule has 0 saturated heterocycles. The molecule has 0 bridgehead atoms. The fraction of sp³-hybridized carbons (Fsp3) is 0.368. The summed E-state index contributed by atoms with van der Waals surface area (Å²) in [5.74, 6) is 0.0618. The van der Waals surface area contributed by atoms with E-state index in [-0.39, 0.29) is 11.2 Å². The Bertz CT molecular complexity index is 770. The summed E-state index contributed by atoms with van der Waals surface area (Å²) < 4.78 is 15.4. The second-order valence-electron chi connectivity index (χ2n) is 6.70. The third-order valence-electron chi connectivity index (χ3n) is 3.62. The number of hydrogen-bond acceptors (Lipinski definition) is 5. The number of carbonyl (C=O) groups excluding carboxylic acids is 2. The first kappa shape index (κ1) is 18.6. The highest BCUT2D eigenvalue weighted by Crippen LogP contribution is 2.31. The summed E-state index contributed by atoms with van der Waals surface area (Å²) in [6.07, 6.45) is 0. The Morgan fingerprint density at radius 3 is 2.44 bits per heavy atom. The quantitative estimate of drug-likeness (QED) is 0.836. The molecule has 0 spiro atoms. The van der Waals surface area contributed by atoms with E-state index in [0.717, 1.165) is 5.56 Å². The van der Waals surface area contributed by atoms with Crippen LogP contribution in [0.4, 0.5) is 5.69 Å². The van der Waals surface area contributed by atoms with Gasteiger partial charge in [0.1, 0.15) is 11.5 Å². The Balaban J connectivity index is 2.03. The summed E-state index contributed by atoms with van der Waals surface area (Å²) >= 11 is 0. The number of esters is 1. The number of ether oxygens (including phenoxy) is 2. The van der Waals surface area contributed by atoms with Crippen LogP contribution in [-0.4, -0.2) is 25.6 Å². The van der Waals surface area contributed by atoms with Gasteiger partial charge >= 0.3 is 5.97 Å². The molecule has 6 nitrogen and oxygen atoms in total. The molecule has 0 atom stereocenters. The zero-order chi connectivity index (χ0) is 18.6. The lowest BCUT2D eigenvalue weighted by molar-refractivity contribution is -0.119. The van der Waals surface area contributed by atoms with Crippen molar-refractivity contribution in [3.05, 3.63) is 47.4 Å². The Kier molecular flexibility index (Phi) is 5.51. The van der Waals surface area contributed by atoms with Crippen LogP contribution >= 0.6 is 0 Å². The molecule has 0 saturated carbocycles. The number of rotatable bonds is 5. The lowest BCUT2D eigenvalue weighted by Crippen LogP contribution is -2.21. The van der Waals surface area contributed by atoms with E-state index in [9.17, 15) is 9.59 Å². The van der Waals surface area contributed by atoms with Gasteiger partial charge in [-0.15, -0.1) is 0 Å². The Morgan fingerprint density at radius 2 is 1.88 bits per heavy atom. The van der Waals surface area contributed by atoms with Gasteiger partial charge in [0.15, 0.2) is 6.61 Å². The van der Waals surface area contributed by atoms with E-state index in [2.05, 4.69) is 26.1 Å². The van der Waals surface area contributed by atoms with E-state index in [4.69, 9.17) is 13.9 Å². The van der Waals surface area contributed by atoms with E-state index < -0.39 is 18.5 Å². The van der Waals surface area contributed by atoms with E-state index >= 15 is 0 Å². The molecular weight excluding hydrogens is 322 g/mol. The van der Waals surface area contributed by atoms with Gasteiger partial charge in [0.2, 0.25) is 5.76 Å². The van der Waals surface area contributed by atoms with Gasteiger partial charge in [-0.1, -0.05) is 26.8 Å². The number of carbonyl (C=O) groups is 2. The predicted octanol–water partition coefficient (Wildman–Crippen LogP) is 3.69. The highest BCUT2D eigenvalue weighted by atomic mass is 16.5. The second kappa shape index (κ2) is 7.42. The summed E-state index contributed by atoms with van der Waals surface area (Å²) in [6, 6.07) is 8.76. The van der Waals surface area contributed by atoms with Crippen LogP contribution < -0.4 is 10.1 Å². The summed E-state index contributed by atoms with van der Waals surface area (Å²) in [7, 11) is 1.53. The van der Waals surface area contributed by atoms with Gasteiger partial charge in [0, 0.05) is 0 Å². The van der Waals surface area contributed by atoms with Crippen molar-refractivity contribution in [2.45, 2.75) is 33.1 Å². The molecule has 0 radical (unpaired) electrons. The number of nitrogens with one attached hydrogen (secondary N) is 1. The third-order valence-corrected chi connectivity index (χ3v) is 3.62. The first-order chi connectivity index (χ1) is 11.7. The van der Waals surface area contributed by atoms with Gasteiger partial charge in [-0.25, -0.2) is 4.79 Å². The molecule has 0 aliphatic heterocycles. The van der Waals surface area contributed by atoms with Crippen LogP contribution in [0.15, 0.2) is 34.7 Å². The molecule has 2 rings (SSSR count). The maximum Gasteiger partial charge on any atom is 0.374 e. The SMILES string of the molecule is COc1ccc(C(C)(C)C)cc1NC(=O)COC(=O)c1ccc(C)o1. The monoisotopic (exact) mass is 345 g/mol. The van der Waals surface area contributed by atoms with Crippen molar-refractivity contribution < 1.29 is 23.5 Å². The van der Waals surface area contributed by atoms with Crippen molar-refractivity contribution >= 4 is 17.6 Å². The molecule has 1 aromatic carbocycles. The molecule has 1 heterocycles. The molecule has 1 N–H and O–H groups in total. The molecule has 1 amide bonds. The summed E-state index contributed by atoms with van der Waals surface area (Å²) in [5.41, 5.74) is 1.51. The standard InChI is InChI=1S/C19H23NO5/c1-12-6-8-16(25-12)18(22)24-11-17(21)20-14-10-13(19(2,3)4)7-9-15(14)23-5/h6-10H,11H2,1-5H3,(H,20,21). The molecule has 0 aliphatic rings. The largest absolute Gasteiger partial charge is 0.495 e. The first-order valence-electron chi connectivity index (χ1n) is 7.92. The lowest BCUT2D eigenvalue weighted by atomic mass is 9.87.